The van der Waals surface area contributed by atoms with E-state index in [-0.39, 0.29) is 23.1 Å². The van der Waals surface area contributed by atoms with Gasteiger partial charge in [-0.3, -0.25) is 14.3 Å². The zero-order chi connectivity index (χ0) is 23.8. The Morgan fingerprint density at radius 3 is 2.76 bits per heavy atom. The second kappa shape index (κ2) is 8.66. The van der Waals surface area contributed by atoms with Crippen LogP contribution in [0.25, 0.3) is 17.4 Å². The molecule has 0 bridgehead atoms. The minimum atomic E-state index is -0.335. The number of nitrogens with zero attached hydrogens (tertiary/aromatic N) is 6. The van der Waals surface area contributed by atoms with Crippen molar-refractivity contribution in [2.24, 2.45) is 0 Å². The topological polar surface area (TPSA) is 89.5 Å². The van der Waals surface area contributed by atoms with Crippen molar-refractivity contribution in [3.05, 3.63) is 82.5 Å². The van der Waals surface area contributed by atoms with Crippen molar-refractivity contribution < 1.29 is 4.79 Å². The predicted octanol–water partition coefficient (Wildman–Crippen LogP) is 2.66. The smallest absolute Gasteiger partial charge is 0.284 e. The van der Waals surface area contributed by atoms with Crippen molar-refractivity contribution in [2.75, 3.05) is 18.0 Å². The van der Waals surface area contributed by atoms with E-state index in [0.717, 1.165) is 35.8 Å². The van der Waals surface area contributed by atoms with Gasteiger partial charge in [0.25, 0.3) is 11.5 Å². The number of anilines is 1. The minimum absolute atomic E-state index is 0.0828. The van der Waals surface area contributed by atoms with Crippen molar-refractivity contribution >= 4 is 23.4 Å². The van der Waals surface area contributed by atoms with E-state index < -0.39 is 0 Å². The Labute approximate surface area is 196 Å². The Morgan fingerprint density at radius 2 is 2.03 bits per heavy atom. The summed E-state index contributed by atoms with van der Waals surface area (Å²) in [7, 11) is 0. The maximum absolute atomic E-state index is 13.3. The lowest BCUT2D eigenvalue weighted by atomic mass is 10.2. The Morgan fingerprint density at radius 1 is 1.24 bits per heavy atom. The number of rotatable bonds is 6. The molecule has 0 spiro atoms. The van der Waals surface area contributed by atoms with Gasteiger partial charge in [-0.25, -0.2) is 14.2 Å². The molecule has 1 aliphatic rings. The summed E-state index contributed by atoms with van der Waals surface area (Å²) in [6.07, 6.45) is 4.22. The van der Waals surface area contributed by atoms with Crippen LogP contribution in [0.5, 0.6) is 0 Å². The largest absolute Gasteiger partial charge is 0.353 e. The lowest BCUT2D eigenvalue weighted by Crippen LogP contribution is -2.39. The number of fused-ring (bicyclic) bond motifs is 1. The molecule has 1 amide bonds. The van der Waals surface area contributed by atoms with Gasteiger partial charge in [0.1, 0.15) is 11.4 Å². The highest BCUT2D eigenvalue weighted by molar-refractivity contribution is 5.95. The first-order chi connectivity index (χ1) is 16.5. The first kappa shape index (κ1) is 21.7. The summed E-state index contributed by atoms with van der Waals surface area (Å²) in [6, 6.07) is 13.2. The van der Waals surface area contributed by atoms with Crippen LogP contribution in [0, 0.1) is 6.92 Å². The predicted molar refractivity (Wildman–Crippen MR) is 132 cm³/mol. The first-order valence-corrected chi connectivity index (χ1v) is 11.4. The number of imidazole rings is 1. The van der Waals surface area contributed by atoms with Gasteiger partial charge in [0.2, 0.25) is 0 Å². The quantitative estimate of drug-likeness (QED) is 0.481. The van der Waals surface area contributed by atoms with Crippen LogP contribution in [-0.4, -0.2) is 49.0 Å². The average molecular weight is 458 g/mol. The number of carbonyl (C=O) groups excluding carboxylic acids is 1. The van der Waals surface area contributed by atoms with Crippen LogP contribution >= 0.6 is 0 Å². The molecule has 4 aromatic rings. The second-order valence-electron chi connectivity index (χ2n) is 8.38. The Kier molecular flexibility index (Phi) is 5.53. The number of para-hydroxylation sites is 1. The molecule has 1 saturated heterocycles. The van der Waals surface area contributed by atoms with Crippen LogP contribution in [0.15, 0.2) is 60.0 Å². The fourth-order valence-corrected chi connectivity index (χ4v) is 4.65. The van der Waals surface area contributed by atoms with E-state index in [4.69, 9.17) is 0 Å². The molecule has 0 radical (unpaired) electrons. The zero-order valence-corrected chi connectivity index (χ0v) is 19.3. The van der Waals surface area contributed by atoms with E-state index in [1.54, 1.807) is 21.5 Å². The summed E-state index contributed by atoms with van der Waals surface area (Å²) in [4.78, 5) is 32.9. The number of nitrogens with one attached hydrogen (secondary N) is 1. The van der Waals surface area contributed by atoms with E-state index in [9.17, 15) is 9.59 Å². The van der Waals surface area contributed by atoms with Gasteiger partial charge in [-0.15, -0.1) is 5.10 Å². The molecule has 34 heavy (non-hydrogen) atoms. The highest BCUT2D eigenvalue weighted by Gasteiger charge is 2.29. The maximum Gasteiger partial charge on any atom is 0.284 e. The van der Waals surface area contributed by atoms with Crippen LogP contribution < -0.4 is 15.8 Å². The molecular formula is C25H27N7O2. The van der Waals surface area contributed by atoms with Gasteiger partial charge < -0.3 is 10.2 Å². The standard InChI is InChI=1S/C25H27N7O2/c1-4-19-15-26-21-11-12-22(28-31(19)21)29-14-13-18(16-29)27-24(33)23-17(3)30(5-2)32(25(23)34)20-9-7-6-8-10-20/h4,6-12,15,18H,1,5,13-14,16H2,2-3H3,(H,27,33)/t18-/m0/s1. The van der Waals surface area contributed by atoms with Crippen molar-refractivity contribution in [1.29, 1.82) is 0 Å². The number of benzene rings is 1. The Hall–Kier alpha value is -4.14. The summed E-state index contributed by atoms with van der Waals surface area (Å²) in [5.41, 5.74) is 2.87. The lowest BCUT2D eigenvalue weighted by Gasteiger charge is -2.18. The molecule has 1 atom stereocenters. The molecular weight excluding hydrogens is 430 g/mol. The summed E-state index contributed by atoms with van der Waals surface area (Å²) >= 11 is 0. The summed E-state index contributed by atoms with van der Waals surface area (Å²) in [5, 5.41) is 7.76. The van der Waals surface area contributed by atoms with Crippen molar-refractivity contribution in [3.8, 4) is 5.69 Å². The van der Waals surface area contributed by atoms with Crippen LogP contribution in [0.2, 0.25) is 0 Å². The normalized spacial score (nSPS) is 15.7. The molecule has 1 aliphatic heterocycles. The van der Waals surface area contributed by atoms with E-state index in [1.807, 2.05) is 61.0 Å². The van der Waals surface area contributed by atoms with E-state index >= 15 is 0 Å². The molecule has 9 heteroatoms. The lowest BCUT2D eigenvalue weighted by molar-refractivity contribution is 0.0938. The van der Waals surface area contributed by atoms with E-state index in [1.165, 1.54) is 0 Å². The Bertz CT molecular complexity index is 1430. The molecule has 1 N–H and O–H groups in total. The average Bonchev–Trinajstić information content (AvgIpc) is 3.54. The van der Waals surface area contributed by atoms with Gasteiger partial charge in [-0.05, 0) is 50.6 Å². The van der Waals surface area contributed by atoms with Crippen LogP contribution in [-0.2, 0) is 6.54 Å². The van der Waals surface area contributed by atoms with Crippen molar-refractivity contribution in [3.63, 3.8) is 0 Å². The number of hydrogen-bond donors (Lipinski definition) is 1. The highest BCUT2D eigenvalue weighted by Crippen LogP contribution is 2.20. The second-order valence-corrected chi connectivity index (χ2v) is 8.38. The van der Waals surface area contributed by atoms with Gasteiger partial charge in [0, 0.05) is 25.7 Å². The third-order valence-corrected chi connectivity index (χ3v) is 6.36. The third kappa shape index (κ3) is 3.59. The molecule has 0 unspecified atom stereocenters. The molecule has 0 saturated carbocycles. The molecule has 5 rings (SSSR count). The summed E-state index contributed by atoms with van der Waals surface area (Å²) in [6.45, 7) is 9.54. The molecule has 0 aliphatic carbocycles. The first-order valence-electron chi connectivity index (χ1n) is 11.4. The fraction of sp³-hybridized carbons (Fsp3) is 0.280. The molecule has 9 nitrogen and oxygen atoms in total. The molecule has 1 aromatic carbocycles. The fourth-order valence-electron chi connectivity index (χ4n) is 4.65. The Balaban J connectivity index is 1.36. The van der Waals surface area contributed by atoms with Crippen molar-refractivity contribution in [1.82, 2.24) is 29.3 Å². The van der Waals surface area contributed by atoms with Crippen LogP contribution in [0.1, 0.15) is 35.1 Å². The summed E-state index contributed by atoms with van der Waals surface area (Å²) < 4.78 is 5.18. The molecule has 1 fully saturated rings. The van der Waals surface area contributed by atoms with Crippen LogP contribution in [0.4, 0.5) is 5.82 Å². The summed E-state index contributed by atoms with van der Waals surface area (Å²) in [5.74, 6) is 0.475. The molecule has 4 heterocycles. The van der Waals surface area contributed by atoms with Gasteiger partial charge in [-0.1, -0.05) is 24.8 Å². The molecule has 174 valence electrons. The zero-order valence-electron chi connectivity index (χ0n) is 19.3. The number of carbonyl (C=O) groups is 1. The van der Waals surface area contributed by atoms with Gasteiger partial charge in [-0.2, -0.15) is 0 Å². The van der Waals surface area contributed by atoms with E-state index in [2.05, 4.69) is 26.9 Å². The van der Waals surface area contributed by atoms with Gasteiger partial charge in [0.05, 0.1) is 23.3 Å². The SMILES string of the molecule is C=Cc1cnc2ccc(N3CC[C@H](NC(=O)c4c(C)n(CC)n(-c5ccccc5)c4=O)C3)nn12. The van der Waals surface area contributed by atoms with Gasteiger partial charge in [0.15, 0.2) is 5.65 Å². The molecule has 3 aromatic heterocycles. The minimum Gasteiger partial charge on any atom is -0.353 e. The monoisotopic (exact) mass is 457 g/mol. The van der Waals surface area contributed by atoms with Gasteiger partial charge >= 0.3 is 0 Å². The highest BCUT2D eigenvalue weighted by atomic mass is 16.2. The number of aromatic nitrogens is 5. The third-order valence-electron chi connectivity index (χ3n) is 6.36. The van der Waals surface area contributed by atoms with E-state index in [0.29, 0.717) is 18.8 Å². The maximum atomic E-state index is 13.3. The van der Waals surface area contributed by atoms with Crippen LogP contribution in [0.3, 0.4) is 0 Å². The number of amides is 1. The van der Waals surface area contributed by atoms with Crippen molar-refractivity contribution in [2.45, 2.75) is 32.9 Å². The number of hydrogen-bond acceptors (Lipinski definition) is 5.